The van der Waals surface area contributed by atoms with Crippen LogP contribution < -0.4 is 4.90 Å². The average Bonchev–Trinajstić information content (AvgIpc) is 3.10. The maximum atomic E-state index is 13.2. The Balaban J connectivity index is 1.49. The summed E-state index contributed by atoms with van der Waals surface area (Å²) < 4.78 is 26.3. The first-order chi connectivity index (χ1) is 13.9. The zero-order valence-electron chi connectivity index (χ0n) is 16.2. The molecular formula is C21H21F2N5O. The van der Waals surface area contributed by atoms with Crippen molar-refractivity contribution in [3.63, 3.8) is 0 Å². The SMILES string of the molecule is Cc1[nH]c(-c2ccc(F)cc2)nc1C(=O)N1CCN(c2ccc(F)cn2)C(C)C1. The van der Waals surface area contributed by atoms with E-state index in [1.807, 2.05) is 6.92 Å². The average molecular weight is 397 g/mol. The number of carbonyl (C=O) groups is 1. The van der Waals surface area contributed by atoms with E-state index in [9.17, 15) is 13.6 Å². The highest BCUT2D eigenvalue weighted by Crippen LogP contribution is 2.22. The number of benzene rings is 1. The fraction of sp³-hybridized carbons (Fsp3) is 0.286. The second-order valence-corrected chi connectivity index (χ2v) is 7.19. The maximum Gasteiger partial charge on any atom is 0.274 e. The van der Waals surface area contributed by atoms with Gasteiger partial charge in [-0.3, -0.25) is 4.79 Å². The Morgan fingerprint density at radius 2 is 1.83 bits per heavy atom. The van der Waals surface area contributed by atoms with Crippen LogP contribution in [0.5, 0.6) is 0 Å². The summed E-state index contributed by atoms with van der Waals surface area (Å²) in [5.41, 5.74) is 1.75. The van der Waals surface area contributed by atoms with E-state index in [-0.39, 0.29) is 23.6 Å². The van der Waals surface area contributed by atoms with Crippen LogP contribution in [0, 0.1) is 18.6 Å². The molecule has 6 nitrogen and oxygen atoms in total. The van der Waals surface area contributed by atoms with E-state index in [2.05, 4.69) is 19.9 Å². The van der Waals surface area contributed by atoms with Gasteiger partial charge >= 0.3 is 0 Å². The molecule has 3 aromatic rings. The quantitative estimate of drug-likeness (QED) is 0.736. The summed E-state index contributed by atoms with van der Waals surface area (Å²) in [4.78, 5) is 28.6. The molecule has 1 aliphatic heterocycles. The van der Waals surface area contributed by atoms with Crippen molar-refractivity contribution >= 4 is 11.7 Å². The van der Waals surface area contributed by atoms with Crippen molar-refractivity contribution in [2.75, 3.05) is 24.5 Å². The third-order valence-electron chi connectivity index (χ3n) is 5.13. The molecule has 2 aromatic heterocycles. The number of hydrogen-bond donors (Lipinski definition) is 1. The van der Waals surface area contributed by atoms with Gasteiger partial charge in [-0.25, -0.2) is 18.7 Å². The lowest BCUT2D eigenvalue weighted by Crippen LogP contribution is -2.54. The van der Waals surface area contributed by atoms with Crippen molar-refractivity contribution in [3.05, 3.63) is 65.6 Å². The summed E-state index contributed by atoms with van der Waals surface area (Å²) in [6.07, 6.45) is 1.20. The molecule has 0 bridgehead atoms. The molecule has 0 aliphatic carbocycles. The van der Waals surface area contributed by atoms with Crippen molar-refractivity contribution in [1.82, 2.24) is 19.9 Å². The van der Waals surface area contributed by atoms with Crippen LogP contribution in [-0.2, 0) is 0 Å². The highest BCUT2D eigenvalue weighted by molar-refractivity contribution is 5.94. The zero-order chi connectivity index (χ0) is 20.5. The van der Waals surface area contributed by atoms with Gasteiger partial charge in [0, 0.05) is 36.9 Å². The van der Waals surface area contributed by atoms with Crippen molar-refractivity contribution < 1.29 is 13.6 Å². The second-order valence-electron chi connectivity index (χ2n) is 7.19. The molecule has 3 heterocycles. The third kappa shape index (κ3) is 3.83. The van der Waals surface area contributed by atoms with Crippen LogP contribution >= 0.6 is 0 Å². The monoisotopic (exact) mass is 397 g/mol. The van der Waals surface area contributed by atoms with Crippen LogP contribution in [0.3, 0.4) is 0 Å². The van der Waals surface area contributed by atoms with Crippen molar-refractivity contribution in [3.8, 4) is 11.4 Å². The predicted molar refractivity (Wildman–Crippen MR) is 106 cm³/mol. The highest BCUT2D eigenvalue weighted by Gasteiger charge is 2.30. The number of carbonyl (C=O) groups excluding carboxylic acids is 1. The van der Waals surface area contributed by atoms with Crippen LogP contribution in [0.4, 0.5) is 14.6 Å². The summed E-state index contributed by atoms with van der Waals surface area (Å²) in [5, 5.41) is 0. The molecule has 0 radical (unpaired) electrons. The van der Waals surface area contributed by atoms with Gasteiger partial charge in [-0.2, -0.15) is 0 Å². The molecule has 0 saturated carbocycles. The fourth-order valence-corrected chi connectivity index (χ4v) is 3.58. The first kappa shape index (κ1) is 19.0. The normalized spacial score (nSPS) is 16.9. The number of rotatable bonds is 3. The number of halogens is 2. The Kier molecular flexibility index (Phi) is 5.00. The fourth-order valence-electron chi connectivity index (χ4n) is 3.58. The minimum Gasteiger partial charge on any atom is -0.350 e. The van der Waals surface area contributed by atoms with E-state index in [4.69, 9.17) is 0 Å². The molecule has 1 N–H and O–H groups in total. The van der Waals surface area contributed by atoms with Crippen LogP contribution in [0.1, 0.15) is 23.1 Å². The number of hydrogen-bond acceptors (Lipinski definition) is 4. The number of aromatic nitrogens is 3. The van der Waals surface area contributed by atoms with Gasteiger partial charge in [0.15, 0.2) is 0 Å². The number of anilines is 1. The van der Waals surface area contributed by atoms with Crippen LogP contribution in [0.2, 0.25) is 0 Å². The van der Waals surface area contributed by atoms with Crippen LogP contribution in [-0.4, -0.2) is 51.4 Å². The summed E-state index contributed by atoms with van der Waals surface area (Å²) in [6.45, 7) is 5.43. The van der Waals surface area contributed by atoms with Crippen LogP contribution in [0.15, 0.2) is 42.6 Å². The third-order valence-corrected chi connectivity index (χ3v) is 5.13. The zero-order valence-corrected chi connectivity index (χ0v) is 16.2. The Hall–Kier alpha value is -3.29. The van der Waals surface area contributed by atoms with Gasteiger partial charge in [0.25, 0.3) is 5.91 Å². The van der Waals surface area contributed by atoms with E-state index in [0.717, 1.165) is 0 Å². The minimum absolute atomic E-state index is 0.0291. The molecule has 1 saturated heterocycles. The van der Waals surface area contributed by atoms with Gasteiger partial charge in [0.2, 0.25) is 0 Å². The minimum atomic E-state index is -0.374. The molecule has 4 rings (SSSR count). The Morgan fingerprint density at radius 3 is 2.48 bits per heavy atom. The smallest absolute Gasteiger partial charge is 0.274 e. The lowest BCUT2D eigenvalue weighted by Gasteiger charge is -2.40. The number of nitrogens with one attached hydrogen (secondary N) is 1. The number of piperazine rings is 1. The summed E-state index contributed by atoms with van der Waals surface area (Å²) in [7, 11) is 0. The Labute approximate surface area is 167 Å². The van der Waals surface area contributed by atoms with Gasteiger partial charge in [-0.1, -0.05) is 0 Å². The Bertz CT molecular complexity index is 1020. The van der Waals surface area contributed by atoms with Gasteiger partial charge in [-0.05, 0) is 50.2 Å². The van der Waals surface area contributed by atoms with Crippen molar-refractivity contribution in [2.45, 2.75) is 19.9 Å². The molecule has 150 valence electrons. The lowest BCUT2D eigenvalue weighted by molar-refractivity contribution is 0.0720. The number of H-pyrrole nitrogens is 1. The number of aryl methyl sites for hydroxylation is 1. The van der Waals surface area contributed by atoms with E-state index in [1.54, 1.807) is 30.0 Å². The molecule has 8 heteroatoms. The highest BCUT2D eigenvalue weighted by atomic mass is 19.1. The number of amides is 1. The van der Waals surface area contributed by atoms with E-state index >= 15 is 0 Å². The molecule has 1 unspecified atom stereocenters. The van der Waals surface area contributed by atoms with Crippen molar-refractivity contribution in [1.29, 1.82) is 0 Å². The summed E-state index contributed by atoms with van der Waals surface area (Å²) in [6, 6.07) is 9.03. The number of imidazole rings is 1. The number of aromatic amines is 1. The molecule has 1 aliphatic rings. The summed E-state index contributed by atoms with van der Waals surface area (Å²) in [5.74, 6) is 0.385. The van der Waals surface area contributed by atoms with E-state index < -0.39 is 0 Å². The van der Waals surface area contributed by atoms with E-state index in [1.165, 1.54) is 24.4 Å². The molecule has 1 aromatic carbocycles. The number of pyridine rings is 1. The van der Waals surface area contributed by atoms with E-state index in [0.29, 0.717) is 48.2 Å². The maximum absolute atomic E-state index is 13.2. The first-order valence-corrected chi connectivity index (χ1v) is 9.42. The largest absolute Gasteiger partial charge is 0.350 e. The number of nitrogens with zero attached hydrogens (tertiary/aromatic N) is 4. The molecule has 1 atom stereocenters. The van der Waals surface area contributed by atoms with Gasteiger partial charge < -0.3 is 14.8 Å². The molecule has 1 amide bonds. The first-order valence-electron chi connectivity index (χ1n) is 9.42. The van der Waals surface area contributed by atoms with Crippen LogP contribution in [0.25, 0.3) is 11.4 Å². The molecule has 0 spiro atoms. The van der Waals surface area contributed by atoms with Gasteiger partial charge in [0.1, 0.15) is 29.0 Å². The Morgan fingerprint density at radius 1 is 1.10 bits per heavy atom. The second kappa shape index (κ2) is 7.62. The molecular weight excluding hydrogens is 376 g/mol. The molecule has 1 fully saturated rings. The van der Waals surface area contributed by atoms with Crippen molar-refractivity contribution in [2.24, 2.45) is 0 Å². The predicted octanol–water partition coefficient (Wildman–Crippen LogP) is 3.41. The van der Waals surface area contributed by atoms with Gasteiger partial charge in [0.05, 0.1) is 6.20 Å². The van der Waals surface area contributed by atoms with Gasteiger partial charge in [-0.15, -0.1) is 0 Å². The topological polar surface area (TPSA) is 65.1 Å². The standard InChI is InChI=1S/C21H21F2N5O/c1-13-12-27(9-10-28(13)18-8-7-17(23)11-24-18)21(29)19-14(2)25-20(26-19)15-3-5-16(22)6-4-15/h3-8,11,13H,9-10,12H2,1-2H3,(H,25,26). The molecule has 29 heavy (non-hydrogen) atoms. The lowest BCUT2D eigenvalue weighted by atomic mass is 10.1. The summed E-state index contributed by atoms with van der Waals surface area (Å²) >= 11 is 0.